The van der Waals surface area contributed by atoms with Crippen LogP contribution in [0.5, 0.6) is 0 Å². The molecule has 0 fully saturated rings. The highest BCUT2D eigenvalue weighted by Gasteiger charge is 2.20. The van der Waals surface area contributed by atoms with E-state index < -0.39 is 5.97 Å². The summed E-state index contributed by atoms with van der Waals surface area (Å²) in [7, 11) is 0. The molecule has 0 atom stereocenters. The van der Waals surface area contributed by atoms with Crippen molar-refractivity contribution in [2.45, 2.75) is 42.8 Å². The molecule has 0 rings (SSSR count). The van der Waals surface area contributed by atoms with Crippen LogP contribution in [0.1, 0.15) is 27.7 Å². The first-order chi connectivity index (χ1) is 5.43. The van der Waals surface area contributed by atoms with Gasteiger partial charge < -0.3 is 5.11 Å². The fraction of sp³-hybridized carbons (Fsp3) is 0.875. The van der Waals surface area contributed by atoms with Crippen molar-refractivity contribution in [3.63, 3.8) is 0 Å². The summed E-state index contributed by atoms with van der Waals surface area (Å²) >= 11 is 3.00. The molecule has 12 heavy (non-hydrogen) atoms. The standard InChI is InChI=1S/C8H16O2S2/c1-5(2)11-8(7(9)10)12-6(3)4/h5-6,8H,1-4H3,(H,9,10). The van der Waals surface area contributed by atoms with Gasteiger partial charge in [0.15, 0.2) is 0 Å². The SMILES string of the molecule is CC(C)SC(SC(C)C)C(=O)O. The number of hydrogen-bond acceptors (Lipinski definition) is 3. The van der Waals surface area contributed by atoms with E-state index >= 15 is 0 Å². The third kappa shape index (κ3) is 5.77. The Morgan fingerprint density at radius 1 is 1.08 bits per heavy atom. The first-order valence-electron chi connectivity index (χ1n) is 3.97. The third-order valence-corrected chi connectivity index (χ3v) is 3.65. The van der Waals surface area contributed by atoms with Gasteiger partial charge in [0.05, 0.1) is 0 Å². The van der Waals surface area contributed by atoms with Crippen LogP contribution in [-0.2, 0) is 4.79 Å². The van der Waals surface area contributed by atoms with Crippen molar-refractivity contribution in [1.29, 1.82) is 0 Å². The highest BCUT2D eigenvalue weighted by atomic mass is 32.2. The van der Waals surface area contributed by atoms with Crippen LogP contribution in [-0.4, -0.2) is 26.2 Å². The lowest BCUT2D eigenvalue weighted by Crippen LogP contribution is -2.16. The molecule has 1 N–H and O–H groups in total. The molecule has 0 bridgehead atoms. The van der Waals surface area contributed by atoms with Crippen LogP contribution in [0.25, 0.3) is 0 Å². The topological polar surface area (TPSA) is 37.3 Å². The third-order valence-electron chi connectivity index (χ3n) is 0.993. The predicted molar refractivity (Wildman–Crippen MR) is 56.9 cm³/mol. The Hall–Kier alpha value is 0.170. The van der Waals surface area contributed by atoms with E-state index in [1.807, 2.05) is 27.7 Å². The van der Waals surface area contributed by atoms with Crippen molar-refractivity contribution in [2.24, 2.45) is 0 Å². The maximum Gasteiger partial charge on any atom is 0.326 e. The second-order valence-corrected chi connectivity index (χ2v) is 6.71. The number of carboxylic acid groups (broad SMARTS) is 1. The predicted octanol–water partition coefficient (Wildman–Crippen LogP) is 2.68. The van der Waals surface area contributed by atoms with E-state index in [1.165, 1.54) is 23.5 Å². The van der Waals surface area contributed by atoms with Gasteiger partial charge in [-0.1, -0.05) is 27.7 Å². The average Bonchev–Trinajstić information content (AvgIpc) is 1.83. The molecular formula is C8H16O2S2. The van der Waals surface area contributed by atoms with Crippen molar-refractivity contribution in [3.05, 3.63) is 0 Å². The Morgan fingerprint density at radius 2 is 1.42 bits per heavy atom. The molecule has 0 spiro atoms. The molecule has 72 valence electrons. The number of aliphatic carboxylic acids is 1. The molecular weight excluding hydrogens is 192 g/mol. The molecule has 0 aliphatic carbocycles. The van der Waals surface area contributed by atoms with Gasteiger partial charge >= 0.3 is 5.97 Å². The Balaban J connectivity index is 3.96. The first-order valence-corrected chi connectivity index (χ1v) is 5.85. The molecule has 0 aromatic carbocycles. The molecule has 2 nitrogen and oxygen atoms in total. The summed E-state index contributed by atoms with van der Waals surface area (Å²) in [6, 6.07) is 0. The quantitative estimate of drug-likeness (QED) is 0.705. The molecule has 0 radical (unpaired) electrons. The van der Waals surface area contributed by atoms with Gasteiger partial charge in [0.1, 0.15) is 4.58 Å². The van der Waals surface area contributed by atoms with E-state index in [1.54, 1.807) is 0 Å². The maximum atomic E-state index is 10.7. The minimum absolute atomic E-state index is 0.315. The summed E-state index contributed by atoms with van der Waals surface area (Å²) in [6.45, 7) is 8.06. The van der Waals surface area contributed by atoms with Crippen molar-refractivity contribution in [1.82, 2.24) is 0 Å². The molecule has 0 amide bonds. The lowest BCUT2D eigenvalue weighted by atomic mass is 10.6. The summed E-state index contributed by atoms with van der Waals surface area (Å²) in [4.78, 5) is 10.7. The number of rotatable bonds is 5. The van der Waals surface area contributed by atoms with Gasteiger partial charge in [-0.25, -0.2) is 0 Å². The summed E-state index contributed by atoms with van der Waals surface area (Å²) in [5.74, 6) is -0.715. The summed E-state index contributed by atoms with van der Waals surface area (Å²) in [6.07, 6.45) is 0. The molecule has 0 aromatic heterocycles. The van der Waals surface area contributed by atoms with Crippen LogP contribution in [0.3, 0.4) is 0 Å². The molecule has 0 aromatic rings. The second-order valence-electron chi connectivity index (χ2n) is 3.04. The van der Waals surface area contributed by atoms with Crippen molar-refractivity contribution in [2.75, 3.05) is 0 Å². The Kier molecular flexibility index (Phi) is 5.84. The lowest BCUT2D eigenvalue weighted by molar-refractivity contribution is -0.134. The lowest BCUT2D eigenvalue weighted by Gasteiger charge is -2.15. The van der Waals surface area contributed by atoms with Gasteiger partial charge in [0.25, 0.3) is 0 Å². The summed E-state index contributed by atoms with van der Waals surface area (Å²) < 4.78 is -0.315. The largest absolute Gasteiger partial charge is 0.480 e. The average molecular weight is 208 g/mol. The zero-order valence-electron chi connectivity index (χ0n) is 7.90. The van der Waals surface area contributed by atoms with Crippen molar-refractivity contribution in [3.8, 4) is 0 Å². The molecule has 0 heterocycles. The van der Waals surface area contributed by atoms with E-state index in [-0.39, 0.29) is 4.58 Å². The Labute approximate surface area is 82.5 Å². The van der Waals surface area contributed by atoms with Crippen LogP contribution in [0, 0.1) is 0 Å². The van der Waals surface area contributed by atoms with E-state index in [0.29, 0.717) is 10.5 Å². The summed E-state index contributed by atoms with van der Waals surface area (Å²) in [5, 5.41) is 9.57. The minimum Gasteiger partial charge on any atom is -0.480 e. The number of thioether (sulfide) groups is 2. The zero-order chi connectivity index (χ0) is 9.72. The van der Waals surface area contributed by atoms with E-state index in [9.17, 15) is 4.79 Å². The van der Waals surface area contributed by atoms with Gasteiger partial charge in [-0.05, 0) is 0 Å². The molecule has 0 aliphatic rings. The summed E-state index contributed by atoms with van der Waals surface area (Å²) in [5.41, 5.74) is 0. The van der Waals surface area contributed by atoms with Crippen LogP contribution in [0.4, 0.5) is 0 Å². The number of carbonyl (C=O) groups is 1. The fourth-order valence-electron chi connectivity index (χ4n) is 0.643. The van der Waals surface area contributed by atoms with Crippen molar-refractivity contribution >= 4 is 29.5 Å². The molecule has 0 aliphatic heterocycles. The van der Waals surface area contributed by atoms with Gasteiger partial charge in [-0.2, -0.15) is 0 Å². The van der Waals surface area contributed by atoms with Crippen LogP contribution >= 0.6 is 23.5 Å². The van der Waals surface area contributed by atoms with Crippen LogP contribution in [0.2, 0.25) is 0 Å². The highest BCUT2D eigenvalue weighted by Crippen LogP contribution is 2.30. The van der Waals surface area contributed by atoms with E-state index in [4.69, 9.17) is 5.11 Å². The van der Waals surface area contributed by atoms with Gasteiger partial charge in [0.2, 0.25) is 0 Å². The monoisotopic (exact) mass is 208 g/mol. The smallest absolute Gasteiger partial charge is 0.326 e. The van der Waals surface area contributed by atoms with Crippen molar-refractivity contribution < 1.29 is 9.90 Å². The maximum absolute atomic E-state index is 10.7. The molecule has 4 heteroatoms. The second kappa shape index (κ2) is 5.75. The van der Waals surface area contributed by atoms with Gasteiger partial charge in [0, 0.05) is 10.5 Å². The van der Waals surface area contributed by atoms with Crippen LogP contribution < -0.4 is 0 Å². The van der Waals surface area contributed by atoms with Crippen LogP contribution in [0.15, 0.2) is 0 Å². The minimum atomic E-state index is -0.715. The zero-order valence-corrected chi connectivity index (χ0v) is 9.54. The Bertz CT molecular complexity index is 136. The Morgan fingerprint density at radius 3 is 1.58 bits per heavy atom. The number of carboxylic acids is 1. The molecule has 0 unspecified atom stereocenters. The van der Waals surface area contributed by atoms with Gasteiger partial charge in [-0.15, -0.1) is 23.5 Å². The van der Waals surface area contributed by atoms with E-state index in [2.05, 4.69) is 0 Å². The van der Waals surface area contributed by atoms with E-state index in [0.717, 1.165) is 0 Å². The first kappa shape index (κ1) is 12.2. The number of hydrogen-bond donors (Lipinski definition) is 1. The fourth-order valence-corrected chi connectivity index (χ4v) is 3.45. The highest BCUT2D eigenvalue weighted by molar-refractivity contribution is 8.18. The molecule has 0 saturated carbocycles. The normalized spacial score (nSPS) is 11.6. The van der Waals surface area contributed by atoms with Gasteiger partial charge in [-0.3, -0.25) is 4.79 Å². The molecule has 0 saturated heterocycles.